The molecular formula is C62H61F2N3O14S. The summed E-state index contributed by atoms with van der Waals surface area (Å²) in [6.07, 6.45) is 9.55. The van der Waals surface area contributed by atoms with E-state index in [1.807, 2.05) is 36.4 Å². The van der Waals surface area contributed by atoms with Gasteiger partial charge in [0.1, 0.15) is 17.2 Å². The topological polar surface area (TPSA) is 200 Å². The molecular weight excluding hydrogens is 1080 g/mol. The van der Waals surface area contributed by atoms with Crippen LogP contribution in [0, 0.1) is 17.0 Å². The number of methoxy groups -OCH3 is 1. The summed E-state index contributed by atoms with van der Waals surface area (Å²) >= 11 is 1.33. The Labute approximate surface area is 476 Å². The standard InChI is InChI=1S/C62H61F2N3O14S/c1-4-56(69)77-30-12-29-76-47-20-19-42-32-44(18-17-43(42)33-47)59(71)81-53-22-15-41(31-54(53)73-3)16-24-57(70)79-48-21-23-52(46(34-48)37-65-67(25-26-68)61-66-51-13-8-9-14-55(51)82-61)80-60(72)45-35-49(63)58(50(64)36-45)78-28-11-7-6-10-27-74-38-62(5-2)39-75-40-62/h4,8-9,13-24,31-37,68H,1,5-7,10-12,25-30,38-40H2,2-3H3/b24-16+,65-37+. The van der Waals surface area contributed by atoms with Crippen molar-refractivity contribution < 1.29 is 75.7 Å². The summed E-state index contributed by atoms with van der Waals surface area (Å²) in [6.45, 7) is 8.57. The lowest BCUT2D eigenvalue weighted by Gasteiger charge is -2.40. The lowest BCUT2D eigenvalue weighted by atomic mass is 9.84. The molecule has 0 bridgehead atoms. The number of hydrogen-bond acceptors (Lipinski definition) is 18. The minimum absolute atomic E-state index is 0.00361. The average molecular weight is 1140 g/mol. The number of carbonyl (C=O) groups excluding carboxylic acids is 4. The van der Waals surface area contributed by atoms with Crippen LogP contribution in [0.15, 0.2) is 133 Å². The van der Waals surface area contributed by atoms with Gasteiger partial charge in [-0.1, -0.05) is 61.6 Å². The number of para-hydroxylation sites is 1. The highest BCUT2D eigenvalue weighted by Gasteiger charge is 2.37. The number of aromatic nitrogens is 1. The number of rotatable bonds is 30. The van der Waals surface area contributed by atoms with E-state index < -0.39 is 46.8 Å². The number of anilines is 1. The SMILES string of the molecule is C=CC(=O)OCCCOc1ccc2cc(C(=O)Oc3ccc(/C=C/C(=O)Oc4ccc(OC(=O)c5cc(F)c(OCCCCCCOCC6(CC)COC6)c(F)c5)c(/C=N/N(CCO)c5nc6ccccc6s5)c4)cc3OC)ccc2c1. The third kappa shape index (κ3) is 16.3. The molecule has 7 aromatic rings. The quantitative estimate of drug-likeness (QED) is 0.0111. The molecule has 0 unspecified atom stereocenters. The number of esters is 4. The van der Waals surface area contributed by atoms with Crippen LogP contribution in [0.1, 0.15) is 77.3 Å². The third-order valence-electron chi connectivity index (χ3n) is 13.0. The molecule has 0 saturated carbocycles. The summed E-state index contributed by atoms with van der Waals surface area (Å²) in [5.41, 5.74) is 1.28. The molecule has 0 spiro atoms. The van der Waals surface area contributed by atoms with Crippen molar-refractivity contribution in [2.75, 3.05) is 71.5 Å². The molecule has 1 saturated heterocycles. The van der Waals surface area contributed by atoms with Crippen LogP contribution in [0.2, 0.25) is 0 Å². The molecule has 1 fully saturated rings. The molecule has 17 nitrogen and oxygen atoms in total. The van der Waals surface area contributed by atoms with Gasteiger partial charge in [0.05, 0.1) is 87.5 Å². The Hall–Kier alpha value is -8.56. The third-order valence-corrected chi connectivity index (χ3v) is 14.1. The number of aliphatic hydroxyl groups is 1. The van der Waals surface area contributed by atoms with Gasteiger partial charge < -0.3 is 47.7 Å². The fourth-order valence-electron chi connectivity index (χ4n) is 8.33. The van der Waals surface area contributed by atoms with E-state index in [-0.39, 0.29) is 65.9 Å². The van der Waals surface area contributed by atoms with Gasteiger partial charge in [-0.05, 0) is 127 Å². The van der Waals surface area contributed by atoms with Gasteiger partial charge in [-0.2, -0.15) is 5.10 Å². The van der Waals surface area contributed by atoms with Crippen LogP contribution in [0.4, 0.5) is 13.9 Å². The zero-order valence-corrected chi connectivity index (χ0v) is 46.1. The van der Waals surface area contributed by atoms with E-state index in [9.17, 15) is 24.3 Å². The Morgan fingerprint density at radius 1 is 0.756 bits per heavy atom. The highest BCUT2D eigenvalue weighted by atomic mass is 32.1. The summed E-state index contributed by atoms with van der Waals surface area (Å²) in [4.78, 5) is 56.1. The Balaban J connectivity index is 0.899. The van der Waals surface area contributed by atoms with Crippen molar-refractivity contribution in [1.82, 2.24) is 4.98 Å². The predicted molar refractivity (Wildman–Crippen MR) is 306 cm³/mol. The van der Waals surface area contributed by atoms with Crippen LogP contribution in [-0.2, 0) is 23.8 Å². The van der Waals surface area contributed by atoms with Gasteiger partial charge in [-0.3, -0.25) is 0 Å². The maximum Gasteiger partial charge on any atom is 0.343 e. The van der Waals surface area contributed by atoms with E-state index in [4.69, 9.17) is 42.6 Å². The molecule has 428 valence electrons. The smallest absolute Gasteiger partial charge is 0.343 e. The largest absolute Gasteiger partial charge is 0.493 e. The van der Waals surface area contributed by atoms with Crippen molar-refractivity contribution >= 4 is 73.6 Å². The molecule has 0 amide bonds. The number of ether oxygens (including phenoxy) is 9. The second kappa shape index (κ2) is 29.2. The van der Waals surface area contributed by atoms with Crippen molar-refractivity contribution in [2.24, 2.45) is 10.5 Å². The fourth-order valence-corrected chi connectivity index (χ4v) is 9.28. The highest BCUT2D eigenvalue weighted by molar-refractivity contribution is 7.22. The molecule has 2 heterocycles. The summed E-state index contributed by atoms with van der Waals surface area (Å²) < 4.78 is 81.6. The van der Waals surface area contributed by atoms with Crippen LogP contribution in [-0.4, -0.2) is 107 Å². The number of carbonyl (C=O) groups is 4. The molecule has 1 N–H and O–H groups in total. The average Bonchev–Trinajstić information content (AvgIpc) is 4.09. The van der Waals surface area contributed by atoms with Crippen molar-refractivity contribution in [3.05, 3.63) is 162 Å². The molecule has 8 rings (SSSR count). The Morgan fingerprint density at radius 2 is 1.48 bits per heavy atom. The van der Waals surface area contributed by atoms with Crippen LogP contribution < -0.4 is 33.4 Å². The number of aliphatic hydroxyl groups excluding tert-OH is 1. The van der Waals surface area contributed by atoms with Gasteiger partial charge in [-0.25, -0.2) is 38.0 Å². The number of hydrazone groups is 1. The molecule has 82 heavy (non-hydrogen) atoms. The first-order chi connectivity index (χ1) is 39.9. The number of unbranched alkanes of at least 4 members (excludes halogenated alkanes) is 3. The van der Waals surface area contributed by atoms with Crippen LogP contribution in [0.25, 0.3) is 27.1 Å². The van der Waals surface area contributed by atoms with E-state index in [0.29, 0.717) is 54.6 Å². The molecule has 6 aromatic carbocycles. The first kappa shape index (κ1) is 59.6. The van der Waals surface area contributed by atoms with Crippen molar-refractivity contribution in [3.63, 3.8) is 0 Å². The lowest BCUT2D eigenvalue weighted by molar-refractivity contribution is -0.150. The Kier molecular flexibility index (Phi) is 21.2. The Bertz CT molecular complexity index is 3390. The number of halogens is 2. The Morgan fingerprint density at radius 3 is 2.22 bits per heavy atom. The second-order valence-electron chi connectivity index (χ2n) is 18.9. The normalized spacial score (nSPS) is 12.7. The summed E-state index contributed by atoms with van der Waals surface area (Å²) in [6, 6.07) is 28.3. The molecule has 0 aliphatic carbocycles. The lowest BCUT2D eigenvalue weighted by Crippen LogP contribution is -2.45. The van der Waals surface area contributed by atoms with Crippen molar-refractivity contribution in [2.45, 2.75) is 45.4 Å². The molecule has 1 aliphatic rings. The summed E-state index contributed by atoms with van der Waals surface area (Å²) in [5, 5.41) is 18.0. The van der Waals surface area contributed by atoms with E-state index in [0.717, 1.165) is 78.7 Å². The monoisotopic (exact) mass is 1140 g/mol. The van der Waals surface area contributed by atoms with Crippen LogP contribution >= 0.6 is 11.3 Å². The van der Waals surface area contributed by atoms with Gasteiger partial charge in [0.25, 0.3) is 0 Å². The maximum absolute atomic E-state index is 15.4. The fraction of sp³-hybridized carbons (Fsp3) is 0.290. The van der Waals surface area contributed by atoms with Gasteiger partial charge in [0.15, 0.2) is 28.9 Å². The van der Waals surface area contributed by atoms with E-state index in [1.165, 1.54) is 60.0 Å². The first-order valence-corrected chi connectivity index (χ1v) is 27.4. The molecule has 0 atom stereocenters. The van der Waals surface area contributed by atoms with Crippen molar-refractivity contribution in [1.29, 1.82) is 0 Å². The van der Waals surface area contributed by atoms with Crippen LogP contribution in [0.5, 0.6) is 34.5 Å². The van der Waals surface area contributed by atoms with Crippen molar-refractivity contribution in [3.8, 4) is 34.5 Å². The maximum atomic E-state index is 15.4. The van der Waals surface area contributed by atoms with E-state index in [2.05, 4.69) is 23.6 Å². The summed E-state index contributed by atoms with van der Waals surface area (Å²) in [5.74, 6) is -5.00. The number of fused-ring (bicyclic) bond motifs is 2. The van der Waals surface area contributed by atoms with Gasteiger partial charge in [-0.15, -0.1) is 0 Å². The number of nitrogens with zero attached hydrogens (tertiary/aromatic N) is 3. The number of hydrogen-bond donors (Lipinski definition) is 1. The second-order valence-corrected chi connectivity index (χ2v) is 19.9. The molecule has 20 heteroatoms. The number of benzene rings is 6. The minimum Gasteiger partial charge on any atom is -0.493 e. The zero-order chi connectivity index (χ0) is 57.8. The molecule has 1 aromatic heterocycles. The molecule has 1 aliphatic heterocycles. The first-order valence-electron chi connectivity index (χ1n) is 26.5. The molecule has 0 radical (unpaired) electrons. The van der Waals surface area contributed by atoms with Gasteiger partial charge >= 0.3 is 23.9 Å². The highest BCUT2D eigenvalue weighted by Crippen LogP contribution is 2.34. The minimum atomic E-state index is -1.10. The van der Waals surface area contributed by atoms with E-state index in [1.54, 1.807) is 36.4 Å². The van der Waals surface area contributed by atoms with Gasteiger partial charge in [0.2, 0.25) is 5.13 Å². The van der Waals surface area contributed by atoms with E-state index >= 15 is 8.78 Å². The summed E-state index contributed by atoms with van der Waals surface area (Å²) in [7, 11) is 1.40. The number of thiazole rings is 1. The van der Waals surface area contributed by atoms with Gasteiger partial charge in [0, 0.05) is 36.2 Å². The zero-order valence-electron chi connectivity index (χ0n) is 45.3. The predicted octanol–water partition coefficient (Wildman–Crippen LogP) is 11.5. The van der Waals surface area contributed by atoms with Crippen LogP contribution in [0.3, 0.4) is 0 Å².